The molecule has 0 spiro atoms. The first-order valence-corrected chi connectivity index (χ1v) is 13.0. The number of thiazole rings is 1. The minimum atomic E-state index is -1.56. The van der Waals surface area contributed by atoms with Crippen LogP contribution in [0.5, 0.6) is 0 Å². The van der Waals surface area contributed by atoms with Crippen molar-refractivity contribution >= 4 is 34.6 Å². The van der Waals surface area contributed by atoms with Crippen molar-refractivity contribution in [1.82, 2.24) is 20.5 Å². The average Bonchev–Trinajstić information content (AvgIpc) is 3.17. The van der Waals surface area contributed by atoms with E-state index in [1.54, 1.807) is 41.5 Å². The van der Waals surface area contributed by atoms with E-state index in [9.17, 15) is 24.6 Å². The summed E-state index contributed by atoms with van der Waals surface area (Å²) in [4.78, 5) is 40.9. The smallest absolute Gasteiger partial charge is 0.410 e. The Labute approximate surface area is 222 Å². The fourth-order valence-corrected chi connectivity index (χ4v) is 5.01. The molecular weight excluding hydrogens is 494 g/mol. The van der Waals surface area contributed by atoms with Gasteiger partial charge in [-0.1, -0.05) is 45.0 Å². The third kappa shape index (κ3) is 8.16. The molecule has 0 fully saturated rings. The first-order chi connectivity index (χ1) is 17.0. The largest absolute Gasteiger partial charge is 0.465 e. The van der Waals surface area contributed by atoms with Crippen LogP contribution in [-0.4, -0.2) is 56.1 Å². The van der Waals surface area contributed by atoms with E-state index in [4.69, 9.17) is 0 Å². The van der Waals surface area contributed by atoms with Crippen molar-refractivity contribution in [3.8, 4) is 0 Å². The van der Waals surface area contributed by atoms with Crippen LogP contribution in [0.2, 0.25) is 0 Å². The summed E-state index contributed by atoms with van der Waals surface area (Å²) in [6.07, 6.45) is -0.410. The molecule has 1 unspecified atom stereocenters. The molecule has 1 aromatic carbocycles. The molecule has 0 radical (unpaired) electrons. The number of anilines is 1. The highest BCUT2D eigenvalue weighted by Crippen LogP contribution is 2.36. The molecule has 204 valence electrons. The summed E-state index contributed by atoms with van der Waals surface area (Å²) in [5.41, 5.74) is 1.42. The molecule has 0 aliphatic heterocycles. The zero-order valence-corrected chi connectivity index (χ0v) is 23.5. The fraction of sp³-hybridized carbons (Fsp3) is 0.538. The SMILES string of the molecule is CC(=O)Nc1nc(CCc2ccc(CCNC(NC(=O)O)(N(C(=O)O)C(C)(C)C)C(C)(C)C)cc2)cs1. The van der Waals surface area contributed by atoms with Crippen molar-refractivity contribution in [3.05, 3.63) is 46.5 Å². The van der Waals surface area contributed by atoms with Crippen LogP contribution in [0, 0.1) is 5.41 Å². The molecular formula is C26H39N5O5S. The Morgan fingerprint density at radius 2 is 1.51 bits per heavy atom. The molecule has 2 aromatic rings. The molecule has 2 rings (SSSR count). The number of amides is 3. The maximum atomic E-state index is 12.3. The quantitative estimate of drug-likeness (QED) is 0.277. The molecule has 10 nitrogen and oxygen atoms in total. The highest BCUT2D eigenvalue weighted by Gasteiger charge is 2.54. The van der Waals surface area contributed by atoms with Crippen LogP contribution in [0.15, 0.2) is 29.6 Å². The zero-order valence-electron chi connectivity index (χ0n) is 22.6. The van der Waals surface area contributed by atoms with E-state index in [-0.39, 0.29) is 5.91 Å². The second-order valence-electron chi connectivity index (χ2n) is 11.0. The van der Waals surface area contributed by atoms with Crippen LogP contribution in [0.3, 0.4) is 0 Å². The maximum absolute atomic E-state index is 12.3. The van der Waals surface area contributed by atoms with E-state index in [1.807, 2.05) is 29.6 Å². The summed E-state index contributed by atoms with van der Waals surface area (Å²) in [7, 11) is 0. The van der Waals surface area contributed by atoms with E-state index in [1.165, 1.54) is 18.3 Å². The van der Waals surface area contributed by atoms with Crippen LogP contribution >= 0.6 is 11.3 Å². The average molecular weight is 534 g/mol. The summed E-state index contributed by atoms with van der Waals surface area (Å²) in [5, 5.41) is 30.7. The topological polar surface area (TPSA) is 144 Å². The van der Waals surface area contributed by atoms with Crippen LogP contribution in [0.4, 0.5) is 14.7 Å². The van der Waals surface area contributed by atoms with Crippen LogP contribution in [-0.2, 0) is 24.1 Å². The molecule has 0 aliphatic rings. The monoisotopic (exact) mass is 533 g/mol. The van der Waals surface area contributed by atoms with Crippen molar-refractivity contribution in [2.45, 2.75) is 79.1 Å². The predicted molar refractivity (Wildman–Crippen MR) is 145 cm³/mol. The van der Waals surface area contributed by atoms with Gasteiger partial charge in [0.15, 0.2) is 10.9 Å². The fourth-order valence-electron chi connectivity index (χ4n) is 4.22. The van der Waals surface area contributed by atoms with Gasteiger partial charge >= 0.3 is 12.2 Å². The molecule has 0 aliphatic carbocycles. The number of aromatic nitrogens is 1. The van der Waals surface area contributed by atoms with Crippen LogP contribution in [0.25, 0.3) is 0 Å². The lowest BCUT2D eigenvalue weighted by atomic mass is 9.82. The lowest BCUT2D eigenvalue weighted by Crippen LogP contribution is -2.79. The molecule has 37 heavy (non-hydrogen) atoms. The Morgan fingerprint density at radius 3 is 1.97 bits per heavy atom. The summed E-state index contributed by atoms with van der Waals surface area (Å²) in [5.74, 6) is -1.70. The number of nitrogens with one attached hydrogen (secondary N) is 3. The number of nitrogens with zero attached hydrogens (tertiary/aromatic N) is 2. The predicted octanol–water partition coefficient (Wildman–Crippen LogP) is 4.76. The normalized spacial score (nSPS) is 13.5. The van der Waals surface area contributed by atoms with Crippen molar-refractivity contribution in [2.24, 2.45) is 5.41 Å². The maximum Gasteiger partial charge on any atom is 0.410 e. The summed E-state index contributed by atoms with van der Waals surface area (Å²) >= 11 is 1.40. The molecule has 1 aromatic heterocycles. The van der Waals surface area contributed by atoms with Gasteiger partial charge in [-0.25, -0.2) is 14.6 Å². The molecule has 0 bridgehead atoms. The first-order valence-electron chi connectivity index (χ1n) is 12.1. The van der Waals surface area contributed by atoms with Gasteiger partial charge in [0.25, 0.3) is 0 Å². The molecule has 3 amide bonds. The molecule has 0 saturated carbocycles. The molecule has 5 N–H and O–H groups in total. The number of carboxylic acid groups (broad SMARTS) is 2. The number of benzene rings is 1. The van der Waals surface area contributed by atoms with Gasteiger partial charge in [0.1, 0.15) is 0 Å². The standard InChI is InChI=1S/C26H39N5O5S/c1-17(32)28-21-29-20(16-37-21)13-12-18-8-10-19(11-9-18)14-15-27-26(24(2,3)4,30-22(33)34)31(23(35)36)25(5,6)7/h8-11,16,27,30H,12-15H2,1-7H3,(H,33,34)(H,35,36)(H,28,29,32). The minimum absolute atomic E-state index is 0.140. The Kier molecular flexibility index (Phi) is 9.67. The lowest BCUT2D eigenvalue weighted by molar-refractivity contribution is -0.114. The van der Waals surface area contributed by atoms with E-state index in [0.717, 1.165) is 34.6 Å². The number of hydrogen-bond donors (Lipinski definition) is 5. The minimum Gasteiger partial charge on any atom is -0.465 e. The van der Waals surface area contributed by atoms with Gasteiger partial charge in [-0.2, -0.15) is 0 Å². The number of carbonyl (C=O) groups is 3. The second kappa shape index (κ2) is 11.9. The number of hydrogen-bond acceptors (Lipinski definition) is 6. The molecule has 1 heterocycles. The summed E-state index contributed by atoms with van der Waals surface area (Å²) in [6, 6.07) is 8.12. The summed E-state index contributed by atoms with van der Waals surface area (Å²) in [6.45, 7) is 12.4. The first kappa shape index (κ1) is 30.0. The number of carbonyl (C=O) groups excluding carboxylic acids is 1. The lowest BCUT2D eigenvalue weighted by Gasteiger charge is -2.55. The Balaban J connectivity index is 2.10. The van der Waals surface area contributed by atoms with E-state index in [2.05, 4.69) is 20.9 Å². The third-order valence-corrected chi connectivity index (χ3v) is 6.70. The zero-order chi connectivity index (χ0) is 28.0. The van der Waals surface area contributed by atoms with Gasteiger partial charge in [0.2, 0.25) is 5.91 Å². The van der Waals surface area contributed by atoms with Gasteiger partial charge in [-0.3, -0.25) is 20.3 Å². The Hall–Kier alpha value is -3.18. The number of aryl methyl sites for hydroxylation is 2. The molecule has 1 atom stereocenters. The second-order valence-corrected chi connectivity index (χ2v) is 11.9. The van der Waals surface area contributed by atoms with Crippen molar-refractivity contribution in [2.75, 3.05) is 11.9 Å². The molecule has 0 saturated heterocycles. The van der Waals surface area contributed by atoms with Crippen molar-refractivity contribution in [3.63, 3.8) is 0 Å². The van der Waals surface area contributed by atoms with Crippen LogP contribution < -0.4 is 16.0 Å². The van der Waals surface area contributed by atoms with E-state index in [0.29, 0.717) is 18.1 Å². The van der Waals surface area contributed by atoms with Gasteiger partial charge in [-0.05, 0) is 51.2 Å². The highest BCUT2D eigenvalue weighted by molar-refractivity contribution is 7.13. The van der Waals surface area contributed by atoms with E-state index >= 15 is 0 Å². The van der Waals surface area contributed by atoms with Crippen molar-refractivity contribution < 1.29 is 24.6 Å². The summed E-state index contributed by atoms with van der Waals surface area (Å²) < 4.78 is 0. The Morgan fingerprint density at radius 1 is 0.946 bits per heavy atom. The Bertz CT molecular complexity index is 1090. The van der Waals surface area contributed by atoms with Gasteiger partial charge < -0.3 is 15.5 Å². The van der Waals surface area contributed by atoms with Crippen molar-refractivity contribution in [1.29, 1.82) is 0 Å². The molecule has 11 heteroatoms. The van der Waals surface area contributed by atoms with E-state index < -0.39 is 28.9 Å². The third-order valence-electron chi connectivity index (χ3n) is 5.89. The van der Waals surface area contributed by atoms with Gasteiger partial charge in [0.05, 0.1) is 5.69 Å². The van der Waals surface area contributed by atoms with Crippen LogP contribution in [0.1, 0.15) is 65.3 Å². The number of rotatable bonds is 10. The highest BCUT2D eigenvalue weighted by atomic mass is 32.1. The van der Waals surface area contributed by atoms with Gasteiger partial charge in [0, 0.05) is 29.8 Å². The van der Waals surface area contributed by atoms with Gasteiger partial charge in [-0.15, -0.1) is 11.3 Å².